The molecule has 0 saturated carbocycles. The van der Waals surface area contributed by atoms with Crippen LogP contribution in [-0.4, -0.2) is 24.0 Å². The molecule has 1 fully saturated rings. The lowest BCUT2D eigenvalue weighted by Crippen LogP contribution is -2.24. The van der Waals surface area contributed by atoms with Crippen molar-refractivity contribution in [2.24, 2.45) is 0 Å². The highest BCUT2D eigenvalue weighted by molar-refractivity contribution is 5.78. The minimum atomic E-state index is -0.0904. The topological polar surface area (TPSA) is 38.8 Å². The van der Waals surface area contributed by atoms with E-state index in [0.717, 1.165) is 35.6 Å². The Morgan fingerprint density at radius 2 is 1.83 bits per heavy atom. The van der Waals surface area contributed by atoms with E-state index in [9.17, 15) is 4.79 Å². The van der Waals surface area contributed by atoms with Crippen LogP contribution in [0.15, 0.2) is 48.5 Å². The molecule has 1 unspecified atom stereocenters. The average molecular weight is 309 g/mol. The van der Waals surface area contributed by atoms with Gasteiger partial charge in [-0.1, -0.05) is 36.4 Å². The smallest absolute Gasteiger partial charge is 0.222 e. The number of hydrogen-bond acceptors (Lipinski definition) is 3. The maximum absolute atomic E-state index is 11.7. The standard InChI is InChI=1S/C19H19NO3/c21-19-6-3-11-20(19)12-14-7-9-15(10-8-14)18-13-22-16-4-1-2-5-17(16)23-18/h1-2,4-5,7-10,18H,3,6,11-13H2. The van der Waals surface area contributed by atoms with E-state index in [1.807, 2.05) is 29.2 Å². The van der Waals surface area contributed by atoms with Crippen LogP contribution in [0.5, 0.6) is 11.5 Å². The third-order valence-electron chi connectivity index (χ3n) is 4.40. The predicted molar refractivity (Wildman–Crippen MR) is 86.4 cm³/mol. The Hall–Kier alpha value is -2.49. The van der Waals surface area contributed by atoms with E-state index in [2.05, 4.69) is 24.3 Å². The number of amides is 1. The van der Waals surface area contributed by atoms with Gasteiger partial charge in [-0.3, -0.25) is 4.79 Å². The second kappa shape index (κ2) is 5.95. The quantitative estimate of drug-likeness (QED) is 0.873. The van der Waals surface area contributed by atoms with Gasteiger partial charge in [0, 0.05) is 19.5 Å². The molecule has 2 aromatic rings. The van der Waals surface area contributed by atoms with Crippen LogP contribution in [0.2, 0.25) is 0 Å². The molecule has 1 saturated heterocycles. The molecular weight excluding hydrogens is 290 g/mol. The van der Waals surface area contributed by atoms with Gasteiger partial charge in [0.2, 0.25) is 5.91 Å². The maximum atomic E-state index is 11.7. The highest BCUT2D eigenvalue weighted by atomic mass is 16.6. The lowest BCUT2D eigenvalue weighted by atomic mass is 10.1. The molecule has 1 atom stereocenters. The highest BCUT2D eigenvalue weighted by Gasteiger charge is 2.23. The molecular formula is C19H19NO3. The van der Waals surface area contributed by atoms with Gasteiger partial charge in [-0.2, -0.15) is 0 Å². The molecule has 4 heteroatoms. The lowest BCUT2D eigenvalue weighted by Gasteiger charge is -2.27. The van der Waals surface area contributed by atoms with Crippen LogP contribution < -0.4 is 9.47 Å². The number of para-hydroxylation sites is 2. The van der Waals surface area contributed by atoms with Gasteiger partial charge in [0.25, 0.3) is 0 Å². The molecule has 2 aliphatic rings. The fourth-order valence-corrected chi connectivity index (χ4v) is 3.11. The number of rotatable bonds is 3. The number of carbonyl (C=O) groups is 1. The van der Waals surface area contributed by atoms with Crippen molar-refractivity contribution in [3.8, 4) is 11.5 Å². The summed E-state index contributed by atoms with van der Waals surface area (Å²) in [4.78, 5) is 13.6. The van der Waals surface area contributed by atoms with Crippen molar-refractivity contribution in [2.75, 3.05) is 13.2 Å². The van der Waals surface area contributed by atoms with E-state index in [-0.39, 0.29) is 12.0 Å². The van der Waals surface area contributed by atoms with Crippen LogP contribution in [0.25, 0.3) is 0 Å². The van der Waals surface area contributed by atoms with Crippen molar-refractivity contribution in [2.45, 2.75) is 25.5 Å². The Kier molecular flexibility index (Phi) is 3.66. The molecule has 0 aliphatic carbocycles. The van der Waals surface area contributed by atoms with Gasteiger partial charge in [0.1, 0.15) is 6.61 Å². The van der Waals surface area contributed by atoms with E-state index in [1.54, 1.807) is 0 Å². The Morgan fingerprint density at radius 1 is 1.04 bits per heavy atom. The largest absolute Gasteiger partial charge is 0.485 e. The van der Waals surface area contributed by atoms with Crippen molar-refractivity contribution in [3.05, 3.63) is 59.7 Å². The van der Waals surface area contributed by atoms with Gasteiger partial charge in [0.15, 0.2) is 17.6 Å². The summed E-state index contributed by atoms with van der Waals surface area (Å²) in [7, 11) is 0. The SMILES string of the molecule is O=C1CCCN1Cc1ccc(C2COc3ccccc3O2)cc1. The summed E-state index contributed by atoms with van der Waals surface area (Å²) in [5.74, 6) is 1.85. The first-order valence-corrected chi connectivity index (χ1v) is 8.05. The zero-order valence-corrected chi connectivity index (χ0v) is 12.9. The van der Waals surface area contributed by atoms with Crippen LogP contribution in [0.3, 0.4) is 0 Å². The van der Waals surface area contributed by atoms with Gasteiger partial charge in [-0.15, -0.1) is 0 Å². The molecule has 0 radical (unpaired) electrons. The summed E-state index contributed by atoms with van der Waals surface area (Å²) < 4.78 is 11.8. The minimum Gasteiger partial charge on any atom is -0.485 e. The molecule has 4 nitrogen and oxygen atoms in total. The van der Waals surface area contributed by atoms with E-state index in [1.165, 1.54) is 0 Å². The third kappa shape index (κ3) is 2.89. The highest BCUT2D eigenvalue weighted by Crippen LogP contribution is 2.35. The zero-order chi connectivity index (χ0) is 15.6. The van der Waals surface area contributed by atoms with Gasteiger partial charge in [-0.05, 0) is 29.7 Å². The van der Waals surface area contributed by atoms with Gasteiger partial charge in [0.05, 0.1) is 0 Å². The fraction of sp³-hybridized carbons (Fsp3) is 0.316. The van der Waals surface area contributed by atoms with Gasteiger partial charge >= 0.3 is 0 Å². The van der Waals surface area contributed by atoms with Gasteiger partial charge < -0.3 is 14.4 Å². The van der Waals surface area contributed by atoms with Crippen molar-refractivity contribution >= 4 is 5.91 Å². The Balaban J connectivity index is 1.45. The number of carbonyl (C=O) groups excluding carboxylic acids is 1. The summed E-state index contributed by atoms with van der Waals surface area (Å²) in [6.45, 7) is 2.09. The van der Waals surface area contributed by atoms with Crippen molar-refractivity contribution in [1.29, 1.82) is 0 Å². The van der Waals surface area contributed by atoms with E-state index < -0.39 is 0 Å². The monoisotopic (exact) mass is 309 g/mol. The zero-order valence-electron chi connectivity index (χ0n) is 12.9. The Morgan fingerprint density at radius 3 is 2.57 bits per heavy atom. The maximum Gasteiger partial charge on any atom is 0.222 e. The molecule has 0 aromatic heterocycles. The summed E-state index contributed by atoms with van der Waals surface area (Å²) in [6, 6.07) is 16.0. The van der Waals surface area contributed by atoms with Crippen LogP contribution in [0, 0.1) is 0 Å². The first-order chi connectivity index (χ1) is 11.3. The summed E-state index contributed by atoms with van der Waals surface area (Å²) >= 11 is 0. The predicted octanol–water partition coefficient (Wildman–Crippen LogP) is 3.32. The summed E-state index contributed by atoms with van der Waals surface area (Å²) in [5.41, 5.74) is 2.25. The average Bonchev–Trinajstić information content (AvgIpc) is 3.00. The number of fused-ring (bicyclic) bond motifs is 1. The first kappa shape index (κ1) is 14.1. The van der Waals surface area contributed by atoms with E-state index in [4.69, 9.17) is 9.47 Å². The molecule has 118 valence electrons. The summed E-state index contributed by atoms with van der Waals surface area (Å²) in [6.07, 6.45) is 1.57. The van der Waals surface area contributed by atoms with Crippen LogP contribution >= 0.6 is 0 Å². The van der Waals surface area contributed by atoms with Gasteiger partial charge in [-0.25, -0.2) is 0 Å². The Labute approximate surface area is 135 Å². The molecule has 4 rings (SSSR count). The van der Waals surface area contributed by atoms with Crippen LogP contribution in [-0.2, 0) is 11.3 Å². The third-order valence-corrected chi connectivity index (χ3v) is 4.40. The van der Waals surface area contributed by atoms with Crippen LogP contribution in [0.4, 0.5) is 0 Å². The molecule has 2 heterocycles. The van der Waals surface area contributed by atoms with Crippen molar-refractivity contribution in [3.63, 3.8) is 0 Å². The molecule has 0 bridgehead atoms. The number of benzene rings is 2. The molecule has 0 spiro atoms. The number of ether oxygens (including phenoxy) is 2. The molecule has 2 aromatic carbocycles. The van der Waals surface area contributed by atoms with E-state index >= 15 is 0 Å². The van der Waals surface area contributed by atoms with Crippen molar-refractivity contribution < 1.29 is 14.3 Å². The number of hydrogen-bond donors (Lipinski definition) is 0. The van der Waals surface area contributed by atoms with E-state index in [0.29, 0.717) is 19.6 Å². The molecule has 1 amide bonds. The second-order valence-corrected chi connectivity index (χ2v) is 6.02. The second-order valence-electron chi connectivity index (χ2n) is 6.02. The molecule has 0 N–H and O–H groups in total. The minimum absolute atomic E-state index is 0.0904. The van der Waals surface area contributed by atoms with Crippen LogP contribution in [0.1, 0.15) is 30.1 Å². The van der Waals surface area contributed by atoms with Crippen molar-refractivity contribution in [1.82, 2.24) is 4.90 Å². The molecule has 2 aliphatic heterocycles. The lowest BCUT2D eigenvalue weighted by molar-refractivity contribution is -0.128. The number of nitrogens with zero attached hydrogens (tertiary/aromatic N) is 1. The normalized spacial score (nSPS) is 19.9. The first-order valence-electron chi connectivity index (χ1n) is 8.05. The Bertz CT molecular complexity index is 711. The summed E-state index contributed by atoms with van der Waals surface area (Å²) in [5, 5.41) is 0. The number of likely N-dealkylation sites (tertiary alicyclic amines) is 1. The molecule has 23 heavy (non-hydrogen) atoms. The fourth-order valence-electron chi connectivity index (χ4n) is 3.11.